The van der Waals surface area contributed by atoms with Crippen LogP contribution in [0, 0.1) is 0 Å². The van der Waals surface area contributed by atoms with Gasteiger partial charge >= 0.3 is 0 Å². The third kappa shape index (κ3) is 2.43. The van der Waals surface area contributed by atoms with Gasteiger partial charge < -0.3 is 5.73 Å². The highest BCUT2D eigenvalue weighted by Gasteiger charge is 1.97. The molecule has 0 heterocycles. The second-order valence-electron chi connectivity index (χ2n) is 2.55. The van der Waals surface area contributed by atoms with E-state index in [4.69, 9.17) is 28.9 Å². The summed E-state index contributed by atoms with van der Waals surface area (Å²) in [5, 5.41) is 1.25. The molecule has 0 bridgehead atoms. The van der Waals surface area contributed by atoms with Crippen LogP contribution in [0.2, 0.25) is 10.0 Å². The number of allylic oxidation sites excluding steroid dienone is 1. The van der Waals surface area contributed by atoms with Gasteiger partial charge in [-0.05, 0) is 30.7 Å². The fourth-order valence-electron chi connectivity index (χ4n) is 0.864. The van der Waals surface area contributed by atoms with Crippen LogP contribution in [-0.4, -0.2) is 0 Å². The molecule has 0 fully saturated rings. The lowest BCUT2D eigenvalue weighted by Gasteiger charge is -1.99. The Hall–Kier alpha value is -0.660. The average Bonchev–Trinajstić information content (AvgIpc) is 1.94. The van der Waals surface area contributed by atoms with Crippen LogP contribution in [0.25, 0.3) is 6.08 Å². The first-order valence-electron chi connectivity index (χ1n) is 3.48. The zero-order valence-corrected chi connectivity index (χ0v) is 8.15. The number of halogens is 2. The summed E-state index contributed by atoms with van der Waals surface area (Å²) in [6.07, 6.45) is 1.80. The van der Waals surface area contributed by atoms with Crippen LogP contribution >= 0.6 is 23.2 Å². The molecule has 3 heteroatoms. The molecule has 0 saturated carbocycles. The van der Waals surface area contributed by atoms with Gasteiger partial charge in [-0.1, -0.05) is 29.3 Å². The zero-order chi connectivity index (χ0) is 9.14. The molecule has 0 amide bonds. The van der Waals surface area contributed by atoms with Crippen molar-refractivity contribution in [3.05, 3.63) is 39.5 Å². The van der Waals surface area contributed by atoms with Gasteiger partial charge in [0.1, 0.15) is 0 Å². The molecule has 64 valence electrons. The Morgan fingerprint density at radius 2 is 2.08 bits per heavy atom. The molecule has 2 N–H and O–H groups in total. The Morgan fingerprint density at radius 1 is 1.42 bits per heavy atom. The van der Waals surface area contributed by atoms with Crippen molar-refractivity contribution < 1.29 is 0 Å². The summed E-state index contributed by atoms with van der Waals surface area (Å²) in [6, 6.07) is 5.31. The molecule has 1 aromatic carbocycles. The minimum atomic E-state index is 0.618. The van der Waals surface area contributed by atoms with Crippen LogP contribution in [0.1, 0.15) is 12.5 Å². The zero-order valence-electron chi connectivity index (χ0n) is 6.64. The molecule has 0 unspecified atom stereocenters. The molecule has 1 nitrogen and oxygen atoms in total. The molecule has 0 aliphatic carbocycles. The fourth-order valence-corrected chi connectivity index (χ4v) is 1.33. The third-order valence-electron chi connectivity index (χ3n) is 1.35. The van der Waals surface area contributed by atoms with E-state index in [-0.39, 0.29) is 0 Å². The molecule has 0 aliphatic rings. The second-order valence-corrected chi connectivity index (χ2v) is 3.40. The quantitative estimate of drug-likeness (QED) is 0.742. The number of hydrogen-bond donors (Lipinski definition) is 1. The first-order valence-corrected chi connectivity index (χ1v) is 4.24. The molecule has 0 spiro atoms. The molecule has 0 radical (unpaired) electrons. The molecule has 0 saturated heterocycles. The highest BCUT2D eigenvalue weighted by molar-refractivity contribution is 6.35. The lowest BCUT2D eigenvalue weighted by Crippen LogP contribution is -1.89. The fraction of sp³-hybridized carbons (Fsp3) is 0.111. The van der Waals surface area contributed by atoms with Crippen molar-refractivity contribution in [2.24, 2.45) is 5.73 Å². The largest absolute Gasteiger partial charge is 0.402 e. The molecule has 0 atom stereocenters. The third-order valence-corrected chi connectivity index (χ3v) is 1.91. The SMILES string of the molecule is C/C(N)=C/c1ccc(Cl)cc1Cl. The van der Waals surface area contributed by atoms with E-state index in [9.17, 15) is 0 Å². The standard InChI is InChI=1S/C9H9Cl2N/c1-6(12)4-7-2-3-8(10)5-9(7)11/h2-5H,12H2,1H3/b6-4-. The predicted octanol–water partition coefficient (Wildman–Crippen LogP) is 3.31. The van der Waals surface area contributed by atoms with Crippen molar-refractivity contribution in [3.8, 4) is 0 Å². The normalized spacial score (nSPS) is 11.8. The van der Waals surface area contributed by atoms with E-state index in [1.54, 1.807) is 18.2 Å². The van der Waals surface area contributed by atoms with Gasteiger partial charge in [-0.2, -0.15) is 0 Å². The minimum Gasteiger partial charge on any atom is -0.402 e. The van der Waals surface area contributed by atoms with Crippen molar-refractivity contribution in [2.75, 3.05) is 0 Å². The van der Waals surface area contributed by atoms with Crippen LogP contribution in [0.4, 0.5) is 0 Å². The van der Waals surface area contributed by atoms with E-state index in [0.29, 0.717) is 10.0 Å². The van der Waals surface area contributed by atoms with Gasteiger partial charge in [-0.25, -0.2) is 0 Å². The summed E-state index contributed by atoms with van der Waals surface area (Å²) in [4.78, 5) is 0. The minimum absolute atomic E-state index is 0.618. The lowest BCUT2D eigenvalue weighted by atomic mass is 10.2. The highest BCUT2D eigenvalue weighted by atomic mass is 35.5. The smallest absolute Gasteiger partial charge is 0.0493 e. The van der Waals surface area contributed by atoms with Gasteiger partial charge in [-0.15, -0.1) is 0 Å². The van der Waals surface area contributed by atoms with Crippen LogP contribution in [0.5, 0.6) is 0 Å². The van der Waals surface area contributed by atoms with Gasteiger partial charge in [0.15, 0.2) is 0 Å². The Morgan fingerprint density at radius 3 is 2.58 bits per heavy atom. The van der Waals surface area contributed by atoms with E-state index < -0.39 is 0 Å². The summed E-state index contributed by atoms with van der Waals surface area (Å²) in [7, 11) is 0. The number of hydrogen-bond acceptors (Lipinski definition) is 1. The average molecular weight is 202 g/mol. The molecular weight excluding hydrogens is 193 g/mol. The Labute approximate surface area is 81.8 Å². The molecule has 0 aromatic heterocycles. The number of nitrogens with two attached hydrogens (primary N) is 1. The summed E-state index contributed by atoms with van der Waals surface area (Å²) in [5.41, 5.74) is 7.11. The first-order chi connectivity index (χ1) is 5.59. The van der Waals surface area contributed by atoms with E-state index in [1.807, 2.05) is 13.0 Å². The Bertz CT molecular complexity index is 314. The maximum atomic E-state index is 5.89. The molecule has 12 heavy (non-hydrogen) atoms. The van der Waals surface area contributed by atoms with Gasteiger partial charge in [-0.3, -0.25) is 0 Å². The van der Waals surface area contributed by atoms with Gasteiger partial charge in [0.05, 0.1) is 0 Å². The summed E-state index contributed by atoms with van der Waals surface area (Å²) >= 11 is 11.6. The molecule has 0 aliphatic heterocycles. The lowest BCUT2D eigenvalue weighted by molar-refractivity contribution is 1.34. The van der Waals surface area contributed by atoms with E-state index in [2.05, 4.69) is 0 Å². The predicted molar refractivity (Wildman–Crippen MR) is 54.3 cm³/mol. The monoisotopic (exact) mass is 201 g/mol. The van der Waals surface area contributed by atoms with Crippen LogP contribution in [-0.2, 0) is 0 Å². The summed E-state index contributed by atoms with van der Waals surface area (Å²) in [6.45, 7) is 1.81. The van der Waals surface area contributed by atoms with Crippen molar-refractivity contribution >= 4 is 29.3 Å². The number of benzene rings is 1. The Kier molecular flexibility index (Phi) is 3.01. The topological polar surface area (TPSA) is 26.0 Å². The molecule has 1 rings (SSSR count). The van der Waals surface area contributed by atoms with Gasteiger partial charge in [0, 0.05) is 15.7 Å². The van der Waals surface area contributed by atoms with E-state index in [0.717, 1.165) is 11.3 Å². The van der Waals surface area contributed by atoms with E-state index >= 15 is 0 Å². The van der Waals surface area contributed by atoms with Crippen LogP contribution in [0.15, 0.2) is 23.9 Å². The van der Waals surface area contributed by atoms with Crippen molar-refractivity contribution in [1.82, 2.24) is 0 Å². The maximum Gasteiger partial charge on any atom is 0.0493 e. The summed E-state index contributed by atoms with van der Waals surface area (Å²) < 4.78 is 0. The van der Waals surface area contributed by atoms with Gasteiger partial charge in [0.2, 0.25) is 0 Å². The summed E-state index contributed by atoms with van der Waals surface area (Å²) in [5.74, 6) is 0. The van der Waals surface area contributed by atoms with Crippen LogP contribution in [0.3, 0.4) is 0 Å². The first kappa shape index (κ1) is 9.43. The molecular formula is C9H9Cl2N. The Balaban J connectivity index is 3.10. The van der Waals surface area contributed by atoms with Crippen molar-refractivity contribution in [2.45, 2.75) is 6.92 Å². The number of rotatable bonds is 1. The van der Waals surface area contributed by atoms with Gasteiger partial charge in [0.25, 0.3) is 0 Å². The highest BCUT2D eigenvalue weighted by Crippen LogP contribution is 2.22. The van der Waals surface area contributed by atoms with Crippen LogP contribution < -0.4 is 5.73 Å². The van der Waals surface area contributed by atoms with E-state index in [1.165, 1.54) is 0 Å². The second kappa shape index (κ2) is 3.83. The molecule has 1 aromatic rings. The maximum absolute atomic E-state index is 5.89. The van der Waals surface area contributed by atoms with Crippen molar-refractivity contribution in [1.29, 1.82) is 0 Å². The van der Waals surface area contributed by atoms with Crippen molar-refractivity contribution in [3.63, 3.8) is 0 Å².